The molecule has 0 amide bonds. The molecule has 1 nitrogen and oxygen atoms in total. The highest BCUT2D eigenvalue weighted by molar-refractivity contribution is 7.17. The first-order valence-electron chi connectivity index (χ1n) is 4.66. The summed E-state index contributed by atoms with van der Waals surface area (Å²) in [5, 5.41) is 11.5. The lowest BCUT2D eigenvalue weighted by molar-refractivity contribution is -0.136. The summed E-state index contributed by atoms with van der Waals surface area (Å²) in [5.41, 5.74) is -0.0898. The molecule has 0 aliphatic rings. The van der Waals surface area contributed by atoms with Gasteiger partial charge in [-0.2, -0.15) is 13.2 Å². The van der Waals surface area contributed by atoms with E-state index in [-0.39, 0.29) is 4.70 Å². The van der Waals surface area contributed by atoms with E-state index in [1.807, 2.05) is 0 Å². The van der Waals surface area contributed by atoms with Gasteiger partial charge in [0.05, 0.1) is 11.7 Å². The molecule has 1 N–H and O–H groups in total. The molecular formula is C11H9F3OS. The minimum atomic E-state index is -4.35. The molecule has 2 aromatic rings. The predicted molar refractivity (Wildman–Crippen MR) is 57.5 cm³/mol. The van der Waals surface area contributed by atoms with E-state index in [0.717, 1.165) is 17.4 Å². The second-order valence-electron chi connectivity index (χ2n) is 3.55. The topological polar surface area (TPSA) is 20.2 Å². The second kappa shape index (κ2) is 3.75. The number of thiophene rings is 1. The number of hydrogen-bond acceptors (Lipinski definition) is 2. The smallest absolute Gasteiger partial charge is 0.389 e. The van der Waals surface area contributed by atoms with Crippen LogP contribution in [0.2, 0.25) is 0 Å². The van der Waals surface area contributed by atoms with Crippen molar-refractivity contribution in [3.8, 4) is 0 Å². The third-order valence-electron chi connectivity index (χ3n) is 2.39. The molecule has 0 saturated heterocycles. The van der Waals surface area contributed by atoms with Crippen molar-refractivity contribution in [3.05, 3.63) is 34.7 Å². The van der Waals surface area contributed by atoms with Crippen LogP contribution in [0.5, 0.6) is 0 Å². The molecule has 16 heavy (non-hydrogen) atoms. The van der Waals surface area contributed by atoms with Gasteiger partial charge < -0.3 is 5.11 Å². The molecule has 5 heteroatoms. The number of aliphatic hydroxyl groups excluding tert-OH is 1. The lowest BCUT2D eigenvalue weighted by Crippen LogP contribution is -2.04. The third kappa shape index (κ3) is 1.81. The number of aliphatic hydroxyl groups is 1. The van der Waals surface area contributed by atoms with Crippen LogP contribution in [-0.4, -0.2) is 5.11 Å². The molecular weight excluding hydrogens is 237 g/mol. The molecule has 1 unspecified atom stereocenters. The van der Waals surface area contributed by atoms with Crippen LogP contribution in [-0.2, 0) is 6.18 Å². The molecule has 0 saturated carbocycles. The van der Waals surface area contributed by atoms with Gasteiger partial charge in [-0.25, -0.2) is 0 Å². The summed E-state index contributed by atoms with van der Waals surface area (Å²) in [6, 6.07) is 4.03. The zero-order chi connectivity index (χ0) is 11.9. The van der Waals surface area contributed by atoms with E-state index in [1.54, 1.807) is 18.4 Å². The first kappa shape index (κ1) is 11.4. The Morgan fingerprint density at radius 3 is 2.56 bits per heavy atom. The monoisotopic (exact) mass is 246 g/mol. The Bertz CT molecular complexity index is 513. The van der Waals surface area contributed by atoms with Gasteiger partial charge in [0.2, 0.25) is 0 Å². The molecule has 1 heterocycles. The van der Waals surface area contributed by atoms with E-state index >= 15 is 0 Å². The molecule has 1 aromatic heterocycles. The minimum Gasteiger partial charge on any atom is -0.389 e. The molecule has 1 aromatic carbocycles. The maximum Gasteiger partial charge on any atom is 0.417 e. The Labute approximate surface area is 94.1 Å². The summed E-state index contributed by atoms with van der Waals surface area (Å²) >= 11 is 1.02. The third-order valence-corrected chi connectivity index (χ3v) is 3.43. The number of rotatable bonds is 1. The van der Waals surface area contributed by atoms with Gasteiger partial charge in [-0.15, -0.1) is 11.3 Å². The van der Waals surface area contributed by atoms with Crippen molar-refractivity contribution in [2.45, 2.75) is 19.2 Å². The van der Waals surface area contributed by atoms with Gasteiger partial charge in [-0.05, 0) is 29.3 Å². The second-order valence-corrected chi connectivity index (χ2v) is 4.43. The number of alkyl halides is 3. The normalized spacial score (nSPS) is 14.3. The van der Waals surface area contributed by atoms with Crippen molar-refractivity contribution in [2.24, 2.45) is 0 Å². The van der Waals surface area contributed by atoms with E-state index in [4.69, 9.17) is 0 Å². The van der Waals surface area contributed by atoms with Crippen LogP contribution in [0.3, 0.4) is 0 Å². The van der Waals surface area contributed by atoms with Crippen LogP contribution in [0.25, 0.3) is 10.1 Å². The lowest BCUT2D eigenvalue weighted by atomic mass is 10.1. The number of hydrogen-bond donors (Lipinski definition) is 1. The standard InChI is InChI=1S/C11H9F3OS/c1-6(15)8-5-16-10-7(8)3-2-4-9(10)11(12,13)14/h2-6,15H,1H3. The molecule has 0 aliphatic carbocycles. The van der Waals surface area contributed by atoms with E-state index in [9.17, 15) is 18.3 Å². The van der Waals surface area contributed by atoms with E-state index in [0.29, 0.717) is 10.9 Å². The van der Waals surface area contributed by atoms with Crippen molar-refractivity contribution >= 4 is 21.4 Å². The average molecular weight is 246 g/mol. The fourth-order valence-electron chi connectivity index (χ4n) is 1.62. The summed E-state index contributed by atoms with van der Waals surface area (Å²) in [5.74, 6) is 0. The molecule has 2 rings (SSSR count). The van der Waals surface area contributed by atoms with Gasteiger partial charge in [0.25, 0.3) is 0 Å². The average Bonchev–Trinajstić information content (AvgIpc) is 2.58. The zero-order valence-corrected chi connectivity index (χ0v) is 9.19. The Morgan fingerprint density at radius 1 is 1.31 bits per heavy atom. The Hall–Kier alpha value is -1.07. The summed E-state index contributed by atoms with van der Waals surface area (Å²) < 4.78 is 38.2. The maximum atomic E-state index is 12.7. The predicted octanol–water partition coefficient (Wildman–Crippen LogP) is 3.97. The summed E-state index contributed by atoms with van der Waals surface area (Å²) in [4.78, 5) is 0. The van der Waals surface area contributed by atoms with Gasteiger partial charge in [0.1, 0.15) is 0 Å². The highest BCUT2D eigenvalue weighted by atomic mass is 32.1. The van der Waals surface area contributed by atoms with Crippen molar-refractivity contribution in [1.82, 2.24) is 0 Å². The van der Waals surface area contributed by atoms with E-state index in [1.165, 1.54) is 6.07 Å². The molecule has 86 valence electrons. The van der Waals surface area contributed by atoms with Crippen molar-refractivity contribution in [2.75, 3.05) is 0 Å². The lowest BCUT2D eigenvalue weighted by Gasteiger charge is -2.08. The molecule has 0 radical (unpaired) electrons. The Kier molecular flexibility index (Phi) is 2.67. The molecule has 0 fully saturated rings. The van der Waals surface area contributed by atoms with Crippen LogP contribution < -0.4 is 0 Å². The first-order chi connectivity index (χ1) is 7.41. The van der Waals surface area contributed by atoms with Crippen molar-refractivity contribution in [1.29, 1.82) is 0 Å². The van der Waals surface area contributed by atoms with Gasteiger partial charge in [0, 0.05) is 4.70 Å². The van der Waals surface area contributed by atoms with Crippen LogP contribution in [0, 0.1) is 0 Å². The summed E-state index contributed by atoms with van der Waals surface area (Å²) in [6.45, 7) is 1.54. The first-order valence-corrected chi connectivity index (χ1v) is 5.54. The van der Waals surface area contributed by atoms with Crippen molar-refractivity contribution < 1.29 is 18.3 Å². The van der Waals surface area contributed by atoms with Crippen LogP contribution in [0.4, 0.5) is 13.2 Å². The summed E-state index contributed by atoms with van der Waals surface area (Å²) in [6.07, 6.45) is -5.10. The number of benzene rings is 1. The molecule has 0 bridgehead atoms. The molecule has 0 spiro atoms. The van der Waals surface area contributed by atoms with Gasteiger partial charge in [-0.3, -0.25) is 0 Å². The van der Waals surface area contributed by atoms with Crippen molar-refractivity contribution in [3.63, 3.8) is 0 Å². The highest BCUT2D eigenvalue weighted by Gasteiger charge is 2.33. The number of fused-ring (bicyclic) bond motifs is 1. The molecule has 1 atom stereocenters. The molecule has 0 aliphatic heterocycles. The van der Waals surface area contributed by atoms with E-state index < -0.39 is 17.8 Å². The number of halogens is 3. The van der Waals surface area contributed by atoms with Crippen LogP contribution in [0.1, 0.15) is 24.2 Å². The highest BCUT2D eigenvalue weighted by Crippen LogP contribution is 2.40. The fraction of sp³-hybridized carbons (Fsp3) is 0.273. The SMILES string of the molecule is CC(O)c1csc2c(C(F)(F)F)cccc12. The Balaban J connectivity index is 2.72. The quantitative estimate of drug-likeness (QED) is 0.807. The van der Waals surface area contributed by atoms with Crippen LogP contribution in [0.15, 0.2) is 23.6 Å². The summed E-state index contributed by atoms with van der Waals surface area (Å²) in [7, 11) is 0. The van der Waals surface area contributed by atoms with Gasteiger partial charge in [-0.1, -0.05) is 12.1 Å². The largest absolute Gasteiger partial charge is 0.417 e. The van der Waals surface area contributed by atoms with Crippen LogP contribution >= 0.6 is 11.3 Å². The zero-order valence-electron chi connectivity index (χ0n) is 8.38. The van der Waals surface area contributed by atoms with E-state index in [2.05, 4.69) is 0 Å². The van der Waals surface area contributed by atoms with Gasteiger partial charge in [0.15, 0.2) is 0 Å². The fourth-order valence-corrected chi connectivity index (χ4v) is 2.82. The Morgan fingerprint density at radius 2 is 2.00 bits per heavy atom. The van der Waals surface area contributed by atoms with Gasteiger partial charge >= 0.3 is 6.18 Å². The minimum absolute atomic E-state index is 0.186. The maximum absolute atomic E-state index is 12.7.